The van der Waals surface area contributed by atoms with Gasteiger partial charge in [0.2, 0.25) is 5.91 Å². The lowest BCUT2D eigenvalue weighted by Crippen LogP contribution is -2.43. The second-order valence-corrected chi connectivity index (χ2v) is 6.65. The number of carbonyl (C=O) groups excluding carboxylic acids is 1. The summed E-state index contributed by atoms with van der Waals surface area (Å²) < 4.78 is 7.77. The highest BCUT2D eigenvalue weighted by Crippen LogP contribution is 2.18. The summed E-state index contributed by atoms with van der Waals surface area (Å²) in [6.07, 6.45) is 4.03. The van der Waals surface area contributed by atoms with Gasteiger partial charge in [0.1, 0.15) is 0 Å². The number of rotatable bonds is 5. The van der Waals surface area contributed by atoms with Crippen LogP contribution in [-0.4, -0.2) is 51.4 Å². The summed E-state index contributed by atoms with van der Waals surface area (Å²) >= 11 is 1.46. The molecule has 1 atom stereocenters. The maximum atomic E-state index is 11.1. The highest BCUT2D eigenvalue weighted by molar-refractivity contribution is 7.13. The maximum absolute atomic E-state index is 11.1. The third kappa shape index (κ3) is 4.60. The Morgan fingerprint density at radius 2 is 2.43 bits per heavy atom. The van der Waals surface area contributed by atoms with E-state index >= 15 is 0 Å². The third-order valence-corrected chi connectivity index (χ3v) is 4.40. The number of anilines is 1. The van der Waals surface area contributed by atoms with Gasteiger partial charge >= 0.3 is 0 Å². The third-order valence-electron chi connectivity index (χ3n) is 3.60. The first-order chi connectivity index (χ1) is 11.1. The van der Waals surface area contributed by atoms with Crippen LogP contribution in [0.25, 0.3) is 0 Å². The number of amides is 1. The van der Waals surface area contributed by atoms with Crippen molar-refractivity contribution in [3.63, 3.8) is 0 Å². The first kappa shape index (κ1) is 16.1. The standard InChI is InChI=1S/C15H21N5O2S/c1-11-5-16-20(6-11)9-14-8-19(3-4-22-14)7-13-10-23-15(18-13)17-12(2)21/h5-6,10,14H,3-4,7-9H2,1-2H3,(H,17,18,21)/t14-/m0/s1. The molecule has 3 rings (SSSR count). The molecule has 0 unspecified atom stereocenters. The quantitative estimate of drug-likeness (QED) is 0.897. The normalized spacial score (nSPS) is 19.0. The van der Waals surface area contributed by atoms with Gasteiger partial charge in [0.15, 0.2) is 5.13 Å². The summed E-state index contributed by atoms with van der Waals surface area (Å²) in [6.45, 7) is 7.52. The number of aromatic nitrogens is 3. The average Bonchev–Trinajstić information content (AvgIpc) is 3.08. The first-order valence-electron chi connectivity index (χ1n) is 7.63. The Morgan fingerprint density at radius 3 is 3.17 bits per heavy atom. The van der Waals surface area contributed by atoms with Gasteiger partial charge in [-0.2, -0.15) is 5.10 Å². The summed E-state index contributed by atoms with van der Waals surface area (Å²) in [6, 6.07) is 0. The fourth-order valence-electron chi connectivity index (χ4n) is 2.63. The predicted octanol–water partition coefficient (Wildman–Crippen LogP) is 1.51. The van der Waals surface area contributed by atoms with Crippen LogP contribution in [0.3, 0.4) is 0 Å². The lowest BCUT2D eigenvalue weighted by atomic mass is 10.2. The van der Waals surface area contributed by atoms with Gasteiger partial charge in [0, 0.05) is 38.1 Å². The van der Waals surface area contributed by atoms with E-state index in [0.29, 0.717) is 11.7 Å². The first-order valence-corrected chi connectivity index (χ1v) is 8.51. The molecule has 8 heteroatoms. The van der Waals surface area contributed by atoms with Crippen molar-refractivity contribution in [2.45, 2.75) is 33.0 Å². The van der Waals surface area contributed by atoms with E-state index in [1.807, 2.05) is 29.4 Å². The predicted molar refractivity (Wildman–Crippen MR) is 88.4 cm³/mol. The molecule has 0 aromatic carbocycles. The Kier molecular flexibility index (Phi) is 5.04. The van der Waals surface area contributed by atoms with Gasteiger partial charge in [-0.05, 0) is 12.5 Å². The molecular formula is C15H21N5O2S. The van der Waals surface area contributed by atoms with Gasteiger partial charge in [0.05, 0.1) is 31.1 Å². The molecule has 2 aromatic heterocycles. The average molecular weight is 335 g/mol. The monoisotopic (exact) mass is 335 g/mol. The van der Waals surface area contributed by atoms with Gasteiger partial charge in [-0.1, -0.05) is 0 Å². The molecule has 0 spiro atoms. The molecule has 0 saturated carbocycles. The zero-order chi connectivity index (χ0) is 16.2. The molecule has 0 bridgehead atoms. The molecule has 1 N–H and O–H groups in total. The Morgan fingerprint density at radius 1 is 1.57 bits per heavy atom. The van der Waals surface area contributed by atoms with E-state index in [4.69, 9.17) is 4.74 Å². The van der Waals surface area contributed by atoms with Crippen molar-refractivity contribution in [3.05, 3.63) is 29.0 Å². The van der Waals surface area contributed by atoms with Crippen LogP contribution < -0.4 is 5.32 Å². The van der Waals surface area contributed by atoms with Crippen molar-refractivity contribution in [3.8, 4) is 0 Å². The fourth-order valence-corrected chi connectivity index (χ4v) is 3.37. The molecule has 1 amide bonds. The second kappa shape index (κ2) is 7.20. The molecule has 1 aliphatic heterocycles. The Labute approximate surface area is 139 Å². The highest BCUT2D eigenvalue weighted by atomic mass is 32.1. The SMILES string of the molecule is CC(=O)Nc1nc(CN2CCO[C@H](Cn3cc(C)cn3)C2)cs1. The minimum Gasteiger partial charge on any atom is -0.374 e. The molecular weight excluding hydrogens is 314 g/mol. The van der Waals surface area contributed by atoms with Crippen LogP contribution in [0.4, 0.5) is 5.13 Å². The second-order valence-electron chi connectivity index (χ2n) is 5.79. The maximum Gasteiger partial charge on any atom is 0.223 e. The zero-order valence-corrected chi connectivity index (χ0v) is 14.2. The summed E-state index contributed by atoms with van der Waals surface area (Å²) in [5, 5.41) is 9.69. The summed E-state index contributed by atoms with van der Waals surface area (Å²) in [5.41, 5.74) is 2.14. The van der Waals surface area contributed by atoms with Crippen LogP contribution in [0, 0.1) is 6.92 Å². The number of nitrogens with zero attached hydrogens (tertiary/aromatic N) is 4. The van der Waals surface area contributed by atoms with Crippen molar-refractivity contribution < 1.29 is 9.53 Å². The topological polar surface area (TPSA) is 72.3 Å². The number of hydrogen-bond donors (Lipinski definition) is 1. The van der Waals surface area contributed by atoms with E-state index in [2.05, 4.69) is 20.3 Å². The van der Waals surface area contributed by atoms with Crippen molar-refractivity contribution >= 4 is 22.4 Å². The number of hydrogen-bond acceptors (Lipinski definition) is 6. The minimum atomic E-state index is -0.0909. The highest BCUT2D eigenvalue weighted by Gasteiger charge is 2.22. The number of morpholine rings is 1. The molecule has 7 nitrogen and oxygen atoms in total. The van der Waals surface area contributed by atoms with E-state index in [1.165, 1.54) is 18.3 Å². The number of aryl methyl sites for hydroxylation is 1. The van der Waals surface area contributed by atoms with E-state index in [0.717, 1.165) is 37.4 Å². The summed E-state index contributed by atoms with van der Waals surface area (Å²) in [5.74, 6) is -0.0909. The van der Waals surface area contributed by atoms with Crippen LogP contribution in [0.5, 0.6) is 0 Å². The smallest absolute Gasteiger partial charge is 0.223 e. The van der Waals surface area contributed by atoms with Crippen LogP contribution in [-0.2, 0) is 22.6 Å². The molecule has 3 heterocycles. The van der Waals surface area contributed by atoms with Gasteiger partial charge in [-0.3, -0.25) is 14.4 Å². The van der Waals surface area contributed by atoms with Crippen LogP contribution in [0.1, 0.15) is 18.2 Å². The summed E-state index contributed by atoms with van der Waals surface area (Å²) in [4.78, 5) is 17.8. The van der Waals surface area contributed by atoms with Gasteiger partial charge in [-0.25, -0.2) is 4.98 Å². The number of carbonyl (C=O) groups is 1. The van der Waals surface area contributed by atoms with E-state index in [-0.39, 0.29) is 12.0 Å². The van der Waals surface area contributed by atoms with E-state index in [9.17, 15) is 4.79 Å². The minimum absolute atomic E-state index is 0.0909. The lowest BCUT2D eigenvalue weighted by molar-refractivity contribution is -0.114. The molecule has 2 aromatic rings. The number of ether oxygens (including phenoxy) is 1. The van der Waals surface area contributed by atoms with Crippen molar-refractivity contribution in [2.75, 3.05) is 25.0 Å². The molecule has 124 valence electrons. The van der Waals surface area contributed by atoms with Crippen molar-refractivity contribution in [1.82, 2.24) is 19.7 Å². The molecule has 1 fully saturated rings. The summed E-state index contributed by atoms with van der Waals surface area (Å²) in [7, 11) is 0. The van der Waals surface area contributed by atoms with E-state index in [1.54, 1.807) is 0 Å². The van der Waals surface area contributed by atoms with Crippen LogP contribution >= 0.6 is 11.3 Å². The zero-order valence-electron chi connectivity index (χ0n) is 13.4. The molecule has 1 aliphatic rings. The number of nitrogens with one attached hydrogen (secondary N) is 1. The van der Waals surface area contributed by atoms with Crippen LogP contribution in [0.15, 0.2) is 17.8 Å². The lowest BCUT2D eigenvalue weighted by Gasteiger charge is -2.32. The molecule has 0 radical (unpaired) electrons. The van der Waals surface area contributed by atoms with Gasteiger partial charge in [-0.15, -0.1) is 11.3 Å². The molecule has 23 heavy (non-hydrogen) atoms. The van der Waals surface area contributed by atoms with Crippen LogP contribution in [0.2, 0.25) is 0 Å². The fraction of sp³-hybridized carbons (Fsp3) is 0.533. The van der Waals surface area contributed by atoms with Crippen molar-refractivity contribution in [1.29, 1.82) is 0 Å². The van der Waals surface area contributed by atoms with Gasteiger partial charge < -0.3 is 10.1 Å². The molecule has 1 saturated heterocycles. The Balaban J connectivity index is 1.54. The number of thiazole rings is 1. The largest absolute Gasteiger partial charge is 0.374 e. The molecule has 0 aliphatic carbocycles. The van der Waals surface area contributed by atoms with Crippen molar-refractivity contribution in [2.24, 2.45) is 0 Å². The van der Waals surface area contributed by atoms with E-state index < -0.39 is 0 Å². The Hall–Kier alpha value is -1.77. The van der Waals surface area contributed by atoms with Gasteiger partial charge in [0.25, 0.3) is 0 Å². The Bertz CT molecular complexity index is 668.